The van der Waals surface area contributed by atoms with Crippen molar-refractivity contribution in [3.8, 4) is 0 Å². The third kappa shape index (κ3) is 5.69. The summed E-state index contributed by atoms with van der Waals surface area (Å²) in [6.45, 7) is 12.2. The fourth-order valence-electron chi connectivity index (χ4n) is 3.27. The number of unbranched alkanes of at least 4 members (excludes halogenated alkanes) is 1. The van der Waals surface area contributed by atoms with E-state index in [1.165, 1.54) is 0 Å². The van der Waals surface area contributed by atoms with E-state index in [4.69, 9.17) is 19.8 Å². The Morgan fingerprint density at radius 2 is 1.71 bits per heavy atom. The molecule has 0 aliphatic carbocycles. The van der Waals surface area contributed by atoms with Crippen LogP contribution in [-0.2, 0) is 23.6 Å². The number of nitrogens with two attached hydrogens (primary N) is 1. The van der Waals surface area contributed by atoms with E-state index >= 15 is 0 Å². The Labute approximate surface area is 169 Å². The Morgan fingerprint density at radius 3 is 2.25 bits per heavy atom. The molecule has 2 amide bonds. The third-order valence-corrected chi connectivity index (χ3v) is 5.89. The molecule has 2 heterocycles. The fourth-order valence-corrected chi connectivity index (χ4v) is 3.27. The smallest absolute Gasteiger partial charge is 0.402 e. The predicted molar refractivity (Wildman–Crippen MR) is 108 cm³/mol. The fraction of sp³-hybridized carbons (Fsp3) is 0.895. The lowest BCUT2D eigenvalue weighted by atomic mass is 9.75. The number of ether oxygens (including phenoxy) is 1. The molecule has 0 aromatic carbocycles. The van der Waals surface area contributed by atoms with Gasteiger partial charge in [0.25, 0.3) is 0 Å². The Hall–Kier alpha value is -1.16. The molecule has 2 atom stereocenters. The van der Waals surface area contributed by atoms with Gasteiger partial charge < -0.3 is 30.0 Å². The summed E-state index contributed by atoms with van der Waals surface area (Å²) < 4.78 is 17.5. The van der Waals surface area contributed by atoms with Gasteiger partial charge in [0.05, 0.1) is 42.8 Å². The Bertz CT molecular complexity index is 536. The zero-order valence-corrected chi connectivity index (χ0v) is 18.0. The summed E-state index contributed by atoms with van der Waals surface area (Å²) in [5.74, 6) is -0.776. The van der Waals surface area contributed by atoms with Gasteiger partial charge in [0.15, 0.2) is 0 Å². The van der Waals surface area contributed by atoms with E-state index in [0.29, 0.717) is 26.3 Å². The maximum atomic E-state index is 12.7. The van der Waals surface area contributed by atoms with Crippen LogP contribution in [0.1, 0.15) is 60.3 Å². The molecule has 2 aliphatic heterocycles. The van der Waals surface area contributed by atoms with Gasteiger partial charge in [-0.05, 0) is 34.1 Å². The maximum Gasteiger partial charge on any atom is 0.481 e. The molecule has 2 saturated heterocycles. The predicted octanol–water partition coefficient (Wildman–Crippen LogP) is 0.869. The molecule has 1 unspecified atom stereocenters. The van der Waals surface area contributed by atoms with Crippen LogP contribution in [-0.4, -0.2) is 73.3 Å². The van der Waals surface area contributed by atoms with Crippen LogP contribution in [0, 0.1) is 0 Å². The molecule has 0 bridgehead atoms. The number of carbonyl (C=O) groups excluding carboxylic acids is 2. The lowest BCUT2D eigenvalue weighted by Crippen LogP contribution is -2.54. The molecular formula is C19H36BN3O5. The van der Waals surface area contributed by atoms with E-state index in [1.807, 2.05) is 27.7 Å². The first kappa shape index (κ1) is 23.1. The monoisotopic (exact) mass is 397 g/mol. The Kier molecular flexibility index (Phi) is 7.90. The van der Waals surface area contributed by atoms with Crippen LogP contribution in [0.2, 0.25) is 0 Å². The van der Waals surface area contributed by atoms with Crippen molar-refractivity contribution < 1.29 is 23.6 Å². The van der Waals surface area contributed by atoms with E-state index in [1.54, 1.807) is 4.90 Å². The van der Waals surface area contributed by atoms with E-state index < -0.39 is 24.4 Å². The minimum absolute atomic E-state index is 0.0182. The molecule has 2 fully saturated rings. The summed E-state index contributed by atoms with van der Waals surface area (Å²) in [6.07, 6.45) is 2.63. The number of hydrogen-bond acceptors (Lipinski definition) is 6. The number of hydrogen-bond donors (Lipinski definition) is 2. The molecule has 0 aromatic rings. The first-order valence-corrected chi connectivity index (χ1v) is 10.3. The van der Waals surface area contributed by atoms with Gasteiger partial charge in [-0.2, -0.15) is 0 Å². The van der Waals surface area contributed by atoms with Crippen molar-refractivity contribution in [3.63, 3.8) is 0 Å². The number of nitrogens with one attached hydrogen (secondary N) is 1. The molecule has 160 valence electrons. The molecule has 2 rings (SSSR count). The largest absolute Gasteiger partial charge is 0.481 e. The highest BCUT2D eigenvalue weighted by molar-refractivity contribution is 6.48. The highest BCUT2D eigenvalue weighted by Crippen LogP contribution is 2.38. The second-order valence-electron chi connectivity index (χ2n) is 8.69. The quantitative estimate of drug-likeness (QED) is 0.589. The molecule has 0 radical (unpaired) electrons. The summed E-state index contributed by atoms with van der Waals surface area (Å²) in [4.78, 5) is 26.7. The first-order valence-electron chi connectivity index (χ1n) is 10.3. The van der Waals surface area contributed by atoms with Gasteiger partial charge in [0.1, 0.15) is 0 Å². The van der Waals surface area contributed by atoms with Crippen LogP contribution in [0.4, 0.5) is 0 Å². The Balaban J connectivity index is 1.95. The number of rotatable bonds is 8. The molecule has 9 heteroatoms. The number of morpholine rings is 1. The summed E-state index contributed by atoms with van der Waals surface area (Å²) in [5, 5.41) is 2.97. The van der Waals surface area contributed by atoms with Crippen LogP contribution >= 0.6 is 0 Å². The van der Waals surface area contributed by atoms with Gasteiger partial charge in [-0.25, -0.2) is 0 Å². The molecule has 0 saturated carbocycles. The summed E-state index contributed by atoms with van der Waals surface area (Å²) in [7, 11) is -0.539. The van der Waals surface area contributed by atoms with Crippen LogP contribution in [0.25, 0.3) is 0 Å². The molecule has 8 nitrogen and oxygen atoms in total. The normalized spacial score (nSPS) is 23.4. The highest BCUT2D eigenvalue weighted by Gasteiger charge is 2.54. The van der Waals surface area contributed by atoms with Crippen LogP contribution in [0.5, 0.6) is 0 Å². The zero-order chi connectivity index (χ0) is 20.9. The number of carbonyl (C=O) groups is 2. The molecule has 2 aliphatic rings. The average molecular weight is 397 g/mol. The van der Waals surface area contributed by atoms with Gasteiger partial charge in [-0.3, -0.25) is 9.59 Å². The molecule has 28 heavy (non-hydrogen) atoms. The van der Waals surface area contributed by atoms with Crippen LogP contribution < -0.4 is 11.1 Å². The van der Waals surface area contributed by atoms with Crippen molar-refractivity contribution >= 4 is 18.9 Å². The molecule has 0 spiro atoms. The minimum atomic E-state index is -0.901. The van der Waals surface area contributed by atoms with E-state index in [9.17, 15) is 9.59 Å². The molecule has 3 N–H and O–H groups in total. The highest BCUT2D eigenvalue weighted by atomic mass is 16.7. The lowest BCUT2D eigenvalue weighted by Gasteiger charge is -2.32. The number of amides is 2. The minimum Gasteiger partial charge on any atom is -0.402 e. The topological polar surface area (TPSA) is 103 Å². The van der Waals surface area contributed by atoms with Gasteiger partial charge in [-0.1, -0.05) is 19.8 Å². The van der Waals surface area contributed by atoms with Crippen LogP contribution in [0.15, 0.2) is 0 Å². The van der Waals surface area contributed by atoms with Gasteiger partial charge >= 0.3 is 7.12 Å². The van der Waals surface area contributed by atoms with Gasteiger partial charge in [-0.15, -0.1) is 0 Å². The maximum absolute atomic E-state index is 12.7. The van der Waals surface area contributed by atoms with E-state index in [0.717, 1.165) is 19.3 Å². The third-order valence-electron chi connectivity index (χ3n) is 5.89. The summed E-state index contributed by atoms with van der Waals surface area (Å²) in [5.41, 5.74) is 5.09. The standard InChI is InChI=1S/C19H36BN3O5/c1-6-7-8-15(20-27-18(2,3)19(4,5)28-20)22-17(25)14(21)13-16(24)23-9-11-26-12-10-23/h14-15H,6-13,21H2,1-5H3,(H,22,25)/t14?,15-/m0/s1. The van der Waals surface area contributed by atoms with Crippen molar-refractivity contribution in [2.24, 2.45) is 5.73 Å². The van der Waals surface area contributed by atoms with E-state index in [-0.39, 0.29) is 24.2 Å². The van der Waals surface area contributed by atoms with Crippen molar-refractivity contribution in [2.45, 2.75) is 83.5 Å². The second-order valence-corrected chi connectivity index (χ2v) is 8.69. The SMILES string of the molecule is CCCC[C@H](NC(=O)C(N)CC(=O)N1CCOCC1)B1OC(C)(C)C(C)(C)O1. The van der Waals surface area contributed by atoms with Crippen molar-refractivity contribution in [1.29, 1.82) is 0 Å². The van der Waals surface area contributed by atoms with Crippen molar-refractivity contribution in [2.75, 3.05) is 26.3 Å². The summed E-state index contributed by atoms with van der Waals surface area (Å²) >= 11 is 0. The zero-order valence-electron chi connectivity index (χ0n) is 18.0. The Morgan fingerprint density at radius 1 is 1.14 bits per heavy atom. The van der Waals surface area contributed by atoms with Crippen molar-refractivity contribution in [1.82, 2.24) is 10.2 Å². The van der Waals surface area contributed by atoms with Gasteiger partial charge in [0.2, 0.25) is 11.8 Å². The first-order chi connectivity index (χ1) is 13.1. The van der Waals surface area contributed by atoms with Gasteiger partial charge in [0, 0.05) is 13.1 Å². The van der Waals surface area contributed by atoms with E-state index in [2.05, 4.69) is 12.2 Å². The van der Waals surface area contributed by atoms with Crippen LogP contribution in [0.3, 0.4) is 0 Å². The molecular weight excluding hydrogens is 361 g/mol. The molecule has 0 aromatic heterocycles. The summed E-state index contributed by atoms with van der Waals surface area (Å²) in [6, 6.07) is -0.901. The van der Waals surface area contributed by atoms with Crippen molar-refractivity contribution in [3.05, 3.63) is 0 Å². The number of nitrogens with zero attached hydrogens (tertiary/aromatic N) is 1. The average Bonchev–Trinajstić information content (AvgIpc) is 2.86. The second kappa shape index (κ2) is 9.56. The lowest BCUT2D eigenvalue weighted by molar-refractivity contribution is -0.137.